The second-order valence-corrected chi connectivity index (χ2v) is 5.36. The first-order valence-electron chi connectivity index (χ1n) is 7.25. The highest BCUT2D eigenvalue weighted by Crippen LogP contribution is 2.21. The standard InChI is InChI=1S/C16H16N4O4/c1-9-15-14(16(23)19(17-9)8-13(21)22)10(2)20(18-15)11-4-6-12(24-3)7-5-11/h4-7H,8H2,1-3H3,(H,21,22). The summed E-state index contributed by atoms with van der Waals surface area (Å²) in [5.41, 5.74) is 1.91. The molecule has 0 unspecified atom stereocenters. The van der Waals surface area contributed by atoms with E-state index in [9.17, 15) is 9.59 Å². The molecule has 0 aliphatic heterocycles. The minimum atomic E-state index is -1.12. The average Bonchev–Trinajstić information content (AvgIpc) is 2.90. The van der Waals surface area contributed by atoms with Crippen molar-refractivity contribution in [2.75, 3.05) is 7.11 Å². The first kappa shape index (κ1) is 15.7. The van der Waals surface area contributed by atoms with Gasteiger partial charge < -0.3 is 9.84 Å². The number of fused-ring (bicyclic) bond motifs is 1. The van der Waals surface area contributed by atoms with Crippen molar-refractivity contribution in [3.63, 3.8) is 0 Å². The van der Waals surface area contributed by atoms with E-state index in [0.29, 0.717) is 22.3 Å². The smallest absolute Gasteiger partial charge is 0.325 e. The van der Waals surface area contributed by atoms with Gasteiger partial charge in [0.25, 0.3) is 5.56 Å². The molecule has 124 valence electrons. The number of methoxy groups -OCH3 is 1. The minimum absolute atomic E-state index is 0.375. The second kappa shape index (κ2) is 5.80. The van der Waals surface area contributed by atoms with Crippen LogP contribution >= 0.6 is 0 Å². The number of hydrogen-bond acceptors (Lipinski definition) is 5. The number of rotatable bonds is 4. The molecule has 0 aliphatic rings. The van der Waals surface area contributed by atoms with Crippen LogP contribution in [0.15, 0.2) is 29.1 Å². The third-order valence-electron chi connectivity index (χ3n) is 3.78. The maximum atomic E-state index is 12.5. The summed E-state index contributed by atoms with van der Waals surface area (Å²) >= 11 is 0. The van der Waals surface area contributed by atoms with Gasteiger partial charge in [-0.15, -0.1) is 0 Å². The van der Waals surface area contributed by atoms with Crippen molar-refractivity contribution in [3.05, 3.63) is 46.0 Å². The molecule has 0 fully saturated rings. The van der Waals surface area contributed by atoms with Crippen molar-refractivity contribution < 1.29 is 14.6 Å². The van der Waals surface area contributed by atoms with Gasteiger partial charge in [0.05, 0.1) is 29.6 Å². The molecule has 1 N–H and O–H groups in total. The Morgan fingerprint density at radius 2 is 1.88 bits per heavy atom. The monoisotopic (exact) mass is 328 g/mol. The van der Waals surface area contributed by atoms with Crippen molar-refractivity contribution in [2.45, 2.75) is 20.4 Å². The number of hydrogen-bond donors (Lipinski definition) is 1. The van der Waals surface area contributed by atoms with Crippen LogP contribution in [-0.2, 0) is 11.3 Å². The van der Waals surface area contributed by atoms with Crippen molar-refractivity contribution >= 4 is 16.9 Å². The van der Waals surface area contributed by atoms with E-state index in [1.165, 1.54) is 0 Å². The summed E-state index contributed by atoms with van der Waals surface area (Å²) in [5.74, 6) is -0.404. The van der Waals surface area contributed by atoms with Crippen molar-refractivity contribution in [1.29, 1.82) is 0 Å². The third kappa shape index (κ3) is 2.51. The van der Waals surface area contributed by atoms with Gasteiger partial charge in [-0.25, -0.2) is 9.36 Å². The molecule has 3 aromatic rings. The zero-order valence-corrected chi connectivity index (χ0v) is 13.5. The average molecular weight is 328 g/mol. The van der Waals surface area contributed by atoms with Gasteiger partial charge in [0.15, 0.2) is 0 Å². The molecule has 2 heterocycles. The Bertz CT molecular complexity index is 986. The van der Waals surface area contributed by atoms with Gasteiger partial charge in [-0.2, -0.15) is 10.2 Å². The summed E-state index contributed by atoms with van der Waals surface area (Å²) in [6, 6.07) is 7.26. The lowest BCUT2D eigenvalue weighted by Gasteiger charge is -2.05. The van der Waals surface area contributed by atoms with E-state index in [4.69, 9.17) is 9.84 Å². The Morgan fingerprint density at radius 1 is 1.21 bits per heavy atom. The molecule has 0 atom stereocenters. The first-order chi connectivity index (χ1) is 11.4. The molecule has 3 rings (SSSR count). The third-order valence-corrected chi connectivity index (χ3v) is 3.78. The lowest BCUT2D eigenvalue weighted by Crippen LogP contribution is -2.27. The van der Waals surface area contributed by atoms with E-state index in [0.717, 1.165) is 16.1 Å². The molecule has 2 aromatic heterocycles. The van der Waals surface area contributed by atoms with Crippen LogP contribution in [0.3, 0.4) is 0 Å². The maximum Gasteiger partial charge on any atom is 0.325 e. The van der Waals surface area contributed by atoms with E-state index >= 15 is 0 Å². The Balaban J connectivity index is 2.23. The number of aliphatic carboxylic acids is 1. The van der Waals surface area contributed by atoms with Gasteiger partial charge >= 0.3 is 5.97 Å². The number of aryl methyl sites for hydroxylation is 2. The fraction of sp³-hybridized carbons (Fsp3) is 0.250. The molecule has 0 saturated carbocycles. The van der Waals surface area contributed by atoms with Crippen LogP contribution in [0.4, 0.5) is 0 Å². The summed E-state index contributed by atoms with van der Waals surface area (Å²) in [5, 5.41) is 17.8. The maximum absolute atomic E-state index is 12.5. The number of benzene rings is 1. The molecule has 0 spiro atoms. The van der Waals surface area contributed by atoms with Crippen LogP contribution < -0.4 is 10.3 Å². The minimum Gasteiger partial charge on any atom is -0.497 e. The van der Waals surface area contributed by atoms with Gasteiger partial charge in [-0.05, 0) is 38.1 Å². The number of carboxylic acids is 1. The van der Waals surface area contributed by atoms with Crippen LogP contribution in [0.2, 0.25) is 0 Å². The topological polar surface area (TPSA) is 99.2 Å². The summed E-state index contributed by atoms with van der Waals surface area (Å²) in [6.45, 7) is 2.99. The molecule has 8 nitrogen and oxygen atoms in total. The molecular formula is C16H16N4O4. The molecule has 0 aliphatic carbocycles. The van der Waals surface area contributed by atoms with Gasteiger partial charge in [0.1, 0.15) is 17.8 Å². The molecular weight excluding hydrogens is 312 g/mol. The van der Waals surface area contributed by atoms with E-state index in [-0.39, 0.29) is 0 Å². The van der Waals surface area contributed by atoms with Crippen LogP contribution in [-0.4, -0.2) is 37.7 Å². The fourth-order valence-corrected chi connectivity index (χ4v) is 2.62. The van der Waals surface area contributed by atoms with Crippen LogP contribution in [0.1, 0.15) is 11.4 Å². The van der Waals surface area contributed by atoms with Gasteiger partial charge in [-0.3, -0.25) is 9.59 Å². The lowest BCUT2D eigenvalue weighted by molar-refractivity contribution is -0.138. The van der Waals surface area contributed by atoms with E-state index in [1.807, 2.05) is 12.1 Å². The highest BCUT2D eigenvalue weighted by Gasteiger charge is 2.18. The highest BCUT2D eigenvalue weighted by molar-refractivity contribution is 5.83. The lowest BCUT2D eigenvalue weighted by atomic mass is 10.2. The van der Waals surface area contributed by atoms with Crippen molar-refractivity contribution in [2.24, 2.45) is 0 Å². The molecule has 1 aromatic carbocycles. The molecule has 8 heteroatoms. The van der Waals surface area contributed by atoms with Gasteiger partial charge in [-0.1, -0.05) is 0 Å². The van der Waals surface area contributed by atoms with Crippen LogP contribution in [0.5, 0.6) is 5.75 Å². The van der Waals surface area contributed by atoms with Crippen molar-refractivity contribution in [1.82, 2.24) is 19.6 Å². The Morgan fingerprint density at radius 3 is 2.46 bits per heavy atom. The summed E-state index contributed by atoms with van der Waals surface area (Å²) < 4.78 is 7.73. The Hall–Kier alpha value is -3.16. The second-order valence-electron chi connectivity index (χ2n) is 5.36. The fourth-order valence-electron chi connectivity index (χ4n) is 2.62. The first-order valence-corrected chi connectivity index (χ1v) is 7.25. The molecule has 0 amide bonds. The van der Waals surface area contributed by atoms with Crippen molar-refractivity contribution in [3.8, 4) is 11.4 Å². The van der Waals surface area contributed by atoms with Crippen LogP contribution in [0, 0.1) is 13.8 Å². The Labute approximate surface area is 136 Å². The predicted molar refractivity (Wildman–Crippen MR) is 86.8 cm³/mol. The summed E-state index contributed by atoms with van der Waals surface area (Å²) in [4.78, 5) is 23.5. The normalized spacial score (nSPS) is 11.0. The zero-order valence-electron chi connectivity index (χ0n) is 13.5. The number of carboxylic acid groups (broad SMARTS) is 1. The molecule has 0 saturated heterocycles. The largest absolute Gasteiger partial charge is 0.497 e. The molecule has 24 heavy (non-hydrogen) atoms. The summed E-state index contributed by atoms with van der Waals surface area (Å²) in [6.07, 6.45) is 0. The molecule has 0 radical (unpaired) electrons. The number of ether oxygens (including phenoxy) is 1. The number of carbonyl (C=O) groups is 1. The zero-order chi connectivity index (χ0) is 17.4. The SMILES string of the molecule is COc1ccc(-n2nc3c(C)nn(CC(=O)O)c(=O)c3c2C)cc1. The highest BCUT2D eigenvalue weighted by atomic mass is 16.5. The van der Waals surface area contributed by atoms with Crippen LogP contribution in [0.25, 0.3) is 16.6 Å². The quantitative estimate of drug-likeness (QED) is 0.775. The summed E-state index contributed by atoms with van der Waals surface area (Å²) in [7, 11) is 1.59. The molecule has 0 bridgehead atoms. The van der Waals surface area contributed by atoms with Gasteiger partial charge in [0, 0.05) is 0 Å². The van der Waals surface area contributed by atoms with E-state index in [2.05, 4.69) is 10.2 Å². The van der Waals surface area contributed by atoms with E-state index < -0.39 is 18.1 Å². The predicted octanol–water partition coefficient (Wildman–Crippen LogP) is 1.29. The number of aromatic nitrogens is 4. The van der Waals surface area contributed by atoms with Gasteiger partial charge in [0.2, 0.25) is 0 Å². The van der Waals surface area contributed by atoms with E-state index in [1.54, 1.807) is 37.8 Å². The Kier molecular flexibility index (Phi) is 3.80. The number of nitrogens with zero attached hydrogens (tertiary/aromatic N) is 4.